The van der Waals surface area contributed by atoms with E-state index < -0.39 is 24.2 Å². The fourth-order valence-electron chi connectivity index (χ4n) is 5.50. The van der Waals surface area contributed by atoms with Gasteiger partial charge in [0, 0.05) is 30.6 Å². The van der Waals surface area contributed by atoms with Crippen molar-refractivity contribution in [3.8, 4) is 17.2 Å². The molecule has 0 saturated carbocycles. The minimum absolute atomic E-state index is 0.0897. The molecule has 0 spiro atoms. The van der Waals surface area contributed by atoms with Crippen LogP contribution in [0.3, 0.4) is 0 Å². The average molecular weight is 535 g/mol. The van der Waals surface area contributed by atoms with Gasteiger partial charge < -0.3 is 34.6 Å². The molecule has 2 heterocycles. The highest BCUT2D eigenvalue weighted by atomic mass is 16.7. The van der Waals surface area contributed by atoms with Crippen LogP contribution in [0.2, 0.25) is 0 Å². The van der Waals surface area contributed by atoms with E-state index in [-0.39, 0.29) is 44.7 Å². The van der Waals surface area contributed by atoms with Crippen LogP contribution in [-0.2, 0) is 16.1 Å². The van der Waals surface area contributed by atoms with Crippen molar-refractivity contribution in [1.82, 2.24) is 10.2 Å². The van der Waals surface area contributed by atoms with E-state index in [4.69, 9.17) is 14.2 Å². The fraction of sp³-hybridized carbons (Fsp3) is 0.400. The number of amides is 2. The monoisotopic (exact) mass is 534 g/mol. The van der Waals surface area contributed by atoms with Gasteiger partial charge in [-0.05, 0) is 49.1 Å². The molecule has 39 heavy (non-hydrogen) atoms. The van der Waals surface area contributed by atoms with Crippen LogP contribution in [0.15, 0.2) is 66.8 Å². The van der Waals surface area contributed by atoms with Gasteiger partial charge in [0.2, 0.25) is 18.6 Å². The number of benzene rings is 2. The Labute approximate surface area is 227 Å². The normalized spacial score (nSPS) is 22.3. The number of carbonyl (C=O) groups excluding carboxylic acids is 2. The third-order valence-corrected chi connectivity index (χ3v) is 7.40. The number of allylic oxidation sites excluding steroid dienone is 1. The van der Waals surface area contributed by atoms with Gasteiger partial charge in [0.25, 0.3) is 0 Å². The molecule has 0 radical (unpaired) electrons. The fourth-order valence-corrected chi connectivity index (χ4v) is 5.50. The molecule has 4 atom stereocenters. The predicted molar refractivity (Wildman–Crippen MR) is 143 cm³/mol. The van der Waals surface area contributed by atoms with Gasteiger partial charge in [-0.3, -0.25) is 9.59 Å². The summed E-state index contributed by atoms with van der Waals surface area (Å²) in [6.45, 7) is 3.98. The van der Waals surface area contributed by atoms with Crippen LogP contribution in [-0.4, -0.2) is 65.1 Å². The van der Waals surface area contributed by atoms with Crippen molar-refractivity contribution in [3.63, 3.8) is 0 Å². The van der Waals surface area contributed by atoms with Crippen LogP contribution < -0.4 is 19.5 Å². The number of unbranched alkanes of at least 4 members (excludes halogenated alkanes) is 2. The maximum absolute atomic E-state index is 13.7. The molecule has 1 aliphatic carbocycles. The molecule has 9 nitrogen and oxygen atoms in total. The Kier molecular flexibility index (Phi) is 8.18. The lowest BCUT2D eigenvalue weighted by molar-refractivity contribution is -0.138. The zero-order chi connectivity index (χ0) is 27.4. The van der Waals surface area contributed by atoms with Crippen molar-refractivity contribution in [2.24, 2.45) is 0 Å². The third-order valence-electron chi connectivity index (χ3n) is 7.40. The SMILES string of the molecule is C=CCCCCC(=O)N(Cc1ccc2c(c1)OCO2)C1C=C(C(=O)NCCO)C2c3ccccc3OC2C1O. The highest BCUT2D eigenvalue weighted by molar-refractivity contribution is 5.96. The molecule has 2 aromatic carbocycles. The zero-order valence-corrected chi connectivity index (χ0v) is 21.8. The summed E-state index contributed by atoms with van der Waals surface area (Å²) in [6.07, 6.45) is 4.29. The summed E-state index contributed by atoms with van der Waals surface area (Å²) in [4.78, 5) is 28.6. The van der Waals surface area contributed by atoms with Crippen molar-refractivity contribution in [2.45, 2.75) is 56.4 Å². The van der Waals surface area contributed by atoms with Crippen molar-refractivity contribution in [1.29, 1.82) is 0 Å². The standard InChI is InChI=1S/C30H34N2O7/c1-2-3-4-5-10-26(34)32(17-19-11-12-24-25(15-19)38-18-37-24)22-16-21(30(36)31-13-14-33)27-20-8-6-7-9-23(20)39-29(27)28(22)35/h2,6-9,11-12,15-16,22,27-29,33,35H,1,3-5,10,13-14,17-18H2,(H,31,36). The Morgan fingerprint density at radius 3 is 2.74 bits per heavy atom. The molecular weight excluding hydrogens is 500 g/mol. The Morgan fingerprint density at radius 1 is 1.10 bits per heavy atom. The largest absolute Gasteiger partial charge is 0.486 e. The summed E-state index contributed by atoms with van der Waals surface area (Å²) in [6, 6.07) is 12.1. The molecule has 0 bridgehead atoms. The van der Waals surface area contributed by atoms with Crippen molar-refractivity contribution in [2.75, 3.05) is 19.9 Å². The summed E-state index contributed by atoms with van der Waals surface area (Å²) in [5.41, 5.74) is 2.02. The minimum Gasteiger partial charge on any atom is -0.486 e. The summed E-state index contributed by atoms with van der Waals surface area (Å²) in [5, 5.41) is 23.7. The highest BCUT2D eigenvalue weighted by Crippen LogP contribution is 2.47. The maximum atomic E-state index is 13.7. The van der Waals surface area contributed by atoms with Gasteiger partial charge in [-0.1, -0.05) is 30.3 Å². The zero-order valence-electron chi connectivity index (χ0n) is 21.8. The lowest BCUT2D eigenvalue weighted by atomic mass is 9.77. The van der Waals surface area contributed by atoms with Gasteiger partial charge in [0.05, 0.1) is 18.6 Å². The number of aliphatic hydroxyl groups is 2. The predicted octanol–water partition coefficient (Wildman–Crippen LogP) is 2.81. The topological polar surface area (TPSA) is 118 Å². The Hall–Kier alpha value is -3.82. The van der Waals surface area contributed by atoms with Crippen LogP contribution in [0.5, 0.6) is 17.2 Å². The molecule has 0 aromatic heterocycles. The summed E-state index contributed by atoms with van der Waals surface area (Å²) in [5.74, 6) is 0.844. The summed E-state index contributed by atoms with van der Waals surface area (Å²) >= 11 is 0. The van der Waals surface area contributed by atoms with Crippen LogP contribution in [0.1, 0.15) is 42.7 Å². The molecule has 2 aliphatic heterocycles. The Bertz CT molecular complexity index is 1260. The molecule has 4 unspecified atom stereocenters. The highest BCUT2D eigenvalue weighted by Gasteiger charge is 2.50. The van der Waals surface area contributed by atoms with Gasteiger partial charge in [-0.15, -0.1) is 6.58 Å². The molecule has 0 fully saturated rings. The smallest absolute Gasteiger partial charge is 0.247 e. The average Bonchev–Trinajstić information content (AvgIpc) is 3.58. The molecule has 206 valence electrons. The van der Waals surface area contributed by atoms with Crippen molar-refractivity contribution in [3.05, 3.63) is 77.9 Å². The number of hydrogen-bond acceptors (Lipinski definition) is 7. The van der Waals surface area contributed by atoms with Crippen LogP contribution in [0.4, 0.5) is 0 Å². The second-order valence-electron chi connectivity index (χ2n) is 9.92. The molecule has 0 saturated heterocycles. The van der Waals surface area contributed by atoms with E-state index >= 15 is 0 Å². The first-order chi connectivity index (χ1) is 19.0. The molecule has 3 N–H and O–H groups in total. The van der Waals surface area contributed by atoms with E-state index in [0.717, 1.165) is 24.0 Å². The first-order valence-electron chi connectivity index (χ1n) is 13.3. The number of para-hydroxylation sites is 1. The number of ether oxygens (including phenoxy) is 3. The van der Waals surface area contributed by atoms with E-state index in [0.29, 0.717) is 29.2 Å². The van der Waals surface area contributed by atoms with E-state index in [9.17, 15) is 19.8 Å². The van der Waals surface area contributed by atoms with Gasteiger partial charge >= 0.3 is 0 Å². The molecule has 2 aromatic rings. The molecule has 3 aliphatic rings. The molecular formula is C30H34N2O7. The number of aliphatic hydroxyl groups excluding tert-OH is 2. The van der Waals surface area contributed by atoms with E-state index in [2.05, 4.69) is 11.9 Å². The summed E-state index contributed by atoms with van der Waals surface area (Å²) in [7, 11) is 0. The number of nitrogens with one attached hydrogen (secondary N) is 1. The second kappa shape index (κ2) is 11.9. The quantitative estimate of drug-likeness (QED) is 0.300. The summed E-state index contributed by atoms with van der Waals surface area (Å²) < 4.78 is 17.1. The first-order valence-corrected chi connectivity index (χ1v) is 13.3. The van der Waals surface area contributed by atoms with Gasteiger partial charge in [-0.25, -0.2) is 0 Å². The van der Waals surface area contributed by atoms with Gasteiger partial charge in [-0.2, -0.15) is 0 Å². The van der Waals surface area contributed by atoms with E-state index in [1.807, 2.05) is 42.5 Å². The van der Waals surface area contributed by atoms with Crippen molar-refractivity contribution < 1.29 is 34.0 Å². The van der Waals surface area contributed by atoms with Gasteiger partial charge in [0.15, 0.2) is 11.5 Å². The lowest BCUT2D eigenvalue weighted by Crippen LogP contribution is -2.55. The van der Waals surface area contributed by atoms with Crippen LogP contribution in [0.25, 0.3) is 0 Å². The number of carbonyl (C=O) groups is 2. The second-order valence-corrected chi connectivity index (χ2v) is 9.92. The minimum atomic E-state index is -1.08. The molecule has 5 rings (SSSR count). The van der Waals surface area contributed by atoms with Crippen molar-refractivity contribution >= 4 is 11.8 Å². The molecule has 2 amide bonds. The Balaban J connectivity index is 1.50. The number of fused-ring (bicyclic) bond motifs is 4. The number of hydrogen-bond donors (Lipinski definition) is 3. The van der Waals surface area contributed by atoms with Crippen LogP contribution >= 0.6 is 0 Å². The first kappa shape index (κ1) is 26.8. The number of rotatable bonds is 11. The van der Waals surface area contributed by atoms with Gasteiger partial charge in [0.1, 0.15) is 18.0 Å². The van der Waals surface area contributed by atoms with E-state index in [1.54, 1.807) is 17.0 Å². The van der Waals surface area contributed by atoms with E-state index in [1.165, 1.54) is 0 Å². The van der Waals surface area contributed by atoms with Crippen LogP contribution in [0, 0.1) is 0 Å². The maximum Gasteiger partial charge on any atom is 0.247 e. The lowest BCUT2D eigenvalue weighted by Gasteiger charge is -2.41. The Morgan fingerprint density at radius 2 is 1.92 bits per heavy atom. The third kappa shape index (κ3) is 5.51. The molecule has 9 heteroatoms. The number of nitrogens with zero attached hydrogens (tertiary/aromatic N) is 1.